The summed E-state index contributed by atoms with van der Waals surface area (Å²) in [6.07, 6.45) is 0.727. The van der Waals surface area contributed by atoms with Gasteiger partial charge < -0.3 is 14.3 Å². The van der Waals surface area contributed by atoms with Crippen LogP contribution in [0.25, 0.3) is 0 Å². The smallest absolute Gasteiger partial charge is 0.202 e. The fraction of sp³-hybridized carbons (Fsp3) is 0.500. The maximum absolute atomic E-state index is 9.33. The van der Waals surface area contributed by atoms with E-state index in [1.165, 1.54) is 7.11 Å². The summed E-state index contributed by atoms with van der Waals surface area (Å²) in [6.45, 7) is 3.65. The Hall–Kier alpha value is -1.12. The van der Waals surface area contributed by atoms with Crippen molar-refractivity contribution in [1.82, 2.24) is 0 Å². The average molecular weight is 156 g/mol. The van der Waals surface area contributed by atoms with Gasteiger partial charge in [0.25, 0.3) is 0 Å². The van der Waals surface area contributed by atoms with Crippen molar-refractivity contribution in [1.29, 1.82) is 0 Å². The van der Waals surface area contributed by atoms with E-state index in [1.54, 1.807) is 6.92 Å². The first-order valence-electron chi connectivity index (χ1n) is 3.55. The summed E-state index contributed by atoms with van der Waals surface area (Å²) in [6, 6.07) is 0. The molecule has 0 saturated carbocycles. The molecule has 1 aromatic rings. The first-order chi connectivity index (χ1) is 5.20. The van der Waals surface area contributed by atoms with Crippen LogP contribution >= 0.6 is 0 Å². The number of aryl methyl sites for hydroxylation is 2. The second kappa shape index (κ2) is 2.86. The highest BCUT2D eigenvalue weighted by Gasteiger charge is 2.15. The van der Waals surface area contributed by atoms with Gasteiger partial charge in [-0.3, -0.25) is 0 Å². The molecule has 0 unspecified atom stereocenters. The Balaban J connectivity index is 3.15. The van der Waals surface area contributed by atoms with E-state index < -0.39 is 0 Å². The molecule has 1 rings (SSSR count). The van der Waals surface area contributed by atoms with Crippen LogP contribution < -0.4 is 4.74 Å². The van der Waals surface area contributed by atoms with Crippen LogP contribution in [-0.2, 0) is 6.42 Å². The van der Waals surface area contributed by atoms with Gasteiger partial charge in [-0.2, -0.15) is 0 Å². The van der Waals surface area contributed by atoms with E-state index in [1.807, 2.05) is 6.92 Å². The molecule has 0 aliphatic rings. The van der Waals surface area contributed by atoms with Crippen molar-refractivity contribution in [2.24, 2.45) is 0 Å². The fourth-order valence-corrected chi connectivity index (χ4v) is 1.01. The second-order valence-electron chi connectivity index (χ2n) is 2.32. The van der Waals surface area contributed by atoms with Crippen molar-refractivity contribution in [2.45, 2.75) is 20.3 Å². The third-order valence-corrected chi connectivity index (χ3v) is 1.60. The summed E-state index contributed by atoms with van der Waals surface area (Å²) < 4.78 is 10.2. The minimum Gasteiger partial charge on any atom is -0.502 e. The lowest BCUT2D eigenvalue weighted by molar-refractivity contribution is 0.370. The molecular weight excluding hydrogens is 144 g/mol. The molecule has 3 nitrogen and oxygen atoms in total. The van der Waals surface area contributed by atoms with Crippen LogP contribution in [0.1, 0.15) is 18.4 Å². The van der Waals surface area contributed by atoms with Crippen molar-refractivity contribution in [3.05, 3.63) is 11.5 Å². The number of hydrogen-bond donors (Lipinski definition) is 1. The zero-order valence-electron chi connectivity index (χ0n) is 6.97. The molecule has 0 saturated heterocycles. The Morgan fingerprint density at radius 2 is 2.18 bits per heavy atom. The van der Waals surface area contributed by atoms with E-state index in [2.05, 4.69) is 0 Å². The first-order valence-corrected chi connectivity index (χ1v) is 3.55. The summed E-state index contributed by atoms with van der Waals surface area (Å²) in [5.74, 6) is 1.79. The maximum atomic E-state index is 9.33. The first kappa shape index (κ1) is 7.98. The quantitative estimate of drug-likeness (QED) is 0.710. The van der Waals surface area contributed by atoms with E-state index in [9.17, 15) is 5.11 Å². The molecule has 0 radical (unpaired) electrons. The number of rotatable bonds is 2. The average Bonchev–Trinajstić information content (AvgIpc) is 2.28. The van der Waals surface area contributed by atoms with Gasteiger partial charge in [0, 0.05) is 6.42 Å². The zero-order chi connectivity index (χ0) is 8.43. The van der Waals surface area contributed by atoms with Gasteiger partial charge in [-0.1, -0.05) is 6.92 Å². The van der Waals surface area contributed by atoms with Gasteiger partial charge in [0.15, 0.2) is 5.75 Å². The molecular formula is C8H12O3. The monoisotopic (exact) mass is 156 g/mol. The predicted octanol–water partition coefficient (Wildman–Crippen LogP) is 1.86. The summed E-state index contributed by atoms with van der Waals surface area (Å²) in [5.41, 5.74) is 0. The third kappa shape index (κ3) is 1.18. The summed E-state index contributed by atoms with van der Waals surface area (Å²) in [5, 5.41) is 9.33. The Morgan fingerprint density at radius 1 is 1.55 bits per heavy atom. The molecule has 0 fully saturated rings. The standard InChI is InChI=1S/C8H12O3/c1-4-6-8(10-3)7(9)5(2)11-6/h9H,4H2,1-3H3. The van der Waals surface area contributed by atoms with E-state index in [0.717, 1.165) is 6.42 Å². The van der Waals surface area contributed by atoms with Gasteiger partial charge >= 0.3 is 0 Å². The van der Waals surface area contributed by atoms with Gasteiger partial charge in [0.2, 0.25) is 5.75 Å². The van der Waals surface area contributed by atoms with Crippen LogP contribution in [0.4, 0.5) is 0 Å². The summed E-state index contributed by atoms with van der Waals surface area (Å²) in [4.78, 5) is 0. The topological polar surface area (TPSA) is 42.6 Å². The largest absolute Gasteiger partial charge is 0.502 e. The lowest BCUT2D eigenvalue weighted by atomic mass is 10.3. The molecule has 1 heterocycles. The number of methoxy groups -OCH3 is 1. The van der Waals surface area contributed by atoms with E-state index in [0.29, 0.717) is 17.3 Å². The number of furan rings is 1. The van der Waals surface area contributed by atoms with Gasteiger partial charge in [0.1, 0.15) is 11.5 Å². The van der Waals surface area contributed by atoms with Crippen molar-refractivity contribution >= 4 is 0 Å². The molecule has 3 heteroatoms. The molecule has 11 heavy (non-hydrogen) atoms. The van der Waals surface area contributed by atoms with Crippen LogP contribution in [0.5, 0.6) is 11.5 Å². The minimum absolute atomic E-state index is 0.115. The zero-order valence-corrected chi connectivity index (χ0v) is 6.97. The molecule has 0 aliphatic heterocycles. The number of hydrogen-bond acceptors (Lipinski definition) is 3. The van der Waals surface area contributed by atoms with Crippen molar-refractivity contribution in [3.63, 3.8) is 0 Å². The van der Waals surface area contributed by atoms with Crippen LogP contribution in [0.15, 0.2) is 4.42 Å². The van der Waals surface area contributed by atoms with Crippen LogP contribution in [-0.4, -0.2) is 12.2 Å². The lowest BCUT2D eigenvalue weighted by Crippen LogP contribution is -1.84. The maximum Gasteiger partial charge on any atom is 0.202 e. The van der Waals surface area contributed by atoms with Crippen molar-refractivity contribution in [2.75, 3.05) is 7.11 Å². The van der Waals surface area contributed by atoms with Gasteiger partial charge in [-0.15, -0.1) is 0 Å². The van der Waals surface area contributed by atoms with E-state index in [-0.39, 0.29) is 5.75 Å². The van der Waals surface area contributed by atoms with Gasteiger partial charge in [-0.25, -0.2) is 0 Å². The van der Waals surface area contributed by atoms with Crippen LogP contribution in [0.3, 0.4) is 0 Å². The molecule has 0 bridgehead atoms. The van der Waals surface area contributed by atoms with Gasteiger partial charge in [0.05, 0.1) is 7.11 Å². The number of aromatic hydroxyl groups is 1. The highest BCUT2D eigenvalue weighted by atomic mass is 16.5. The van der Waals surface area contributed by atoms with Crippen molar-refractivity contribution < 1.29 is 14.3 Å². The number of ether oxygens (including phenoxy) is 1. The lowest BCUT2D eigenvalue weighted by Gasteiger charge is -1.96. The molecule has 1 aromatic heterocycles. The minimum atomic E-state index is 0.115. The second-order valence-corrected chi connectivity index (χ2v) is 2.32. The van der Waals surface area contributed by atoms with Crippen LogP contribution in [0, 0.1) is 6.92 Å². The van der Waals surface area contributed by atoms with Gasteiger partial charge in [-0.05, 0) is 6.92 Å². The molecule has 62 valence electrons. The molecule has 0 aromatic carbocycles. The Labute approximate surface area is 65.6 Å². The molecule has 1 N–H and O–H groups in total. The SMILES string of the molecule is CCc1oc(C)c(O)c1OC. The summed E-state index contributed by atoms with van der Waals surface area (Å²) in [7, 11) is 1.52. The third-order valence-electron chi connectivity index (χ3n) is 1.60. The Kier molecular flexibility index (Phi) is 2.08. The Morgan fingerprint density at radius 3 is 2.55 bits per heavy atom. The molecule has 0 spiro atoms. The fourth-order valence-electron chi connectivity index (χ4n) is 1.01. The highest BCUT2D eigenvalue weighted by Crippen LogP contribution is 2.36. The highest BCUT2D eigenvalue weighted by molar-refractivity contribution is 5.44. The summed E-state index contributed by atoms with van der Waals surface area (Å²) >= 11 is 0. The molecule has 0 aliphatic carbocycles. The predicted molar refractivity (Wildman–Crippen MR) is 41.0 cm³/mol. The molecule has 0 atom stereocenters. The van der Waals surface area contributed by atoms with E-state index >= 15 is 0 Å². The van der Waals surface area contributed by atoms with Crippen LogP contribution in [0.2, 0.25) is 0 Å². The van der Waals surface area contributed by atoms with Crippen molar-refractivity contribution in [3.8, 4) is 11.5 Å². The normalized spacial score (nSPS) is 10.1. The molecule has 0 amide bonds. The Bertz CT molecular complexity index is 250. The van der Waals surface area contributed by atoms with E-state index in [4.69, 9.17) is 9.15 Å².